The molecule has 0 saturated carbocycles. The minimum atomic E-state index is -0.260. The number of carbonyl (C=O) groups is 1. The molecule has 1 aromatic carbocycles. The van der Waals surface area contributed by atoms with E-state index in [9.17, 15) is 4.79 Å². The first-order chi connectivity index (χ1) is 10.1. The molecule has 0 bridgehead atoms. The number of methoxy groups -OCH3 is 1. The van der Waals surface area contributed by atoms with Crippen LogP contribution < -0.4 is 4.74 Å². The second-order valence-electron chi connectivity index (χ2n) is 4.85. The highest BCUT2D eigenvalue weighted by molar-refractivity contribution is 5.71. The molecule has 1 unspecified atom stereocenters. The van der Waals surface area contributed by atoms with Crippen LogP contribution in [0.5, 0.6) is 5.75 Å². The summed E-state index contributed by atoms with van der Waals surface area (Å²) < 4.78 is 10.3. The van der Waals surface area contributed by atoms with Crippen molar-refractivity contribution in [3.63, 3.8) is 0 Å². The van der Waals surface area contributed by atoms with Gasteiger partial charge in [0.25, 0.3) is 0 Å². The molecule has 0 radical (unpaired) electrons. The lowest BCUT2D eigenvalue weighted by atomic mass is 9.96. The number of benzene rings is 1. The quantitative estimate of drug-likeness (QED) is 0.435. The lowest BCUT2D eigenvalue weighted by Crippen LogP contribution is -2.07. The van der Waals surface area contributed by atoms with E-state index in [1.807, 2.05) is 31.2 Å². The maximum atomic E-state index is 11.4. The van der Waals surface area contributed by atoms with Gasteiger partial charge in [-0.05, 0) is 31.5 Å². The van der Waals surface area contributed by atoms with Crippen LogP contribution >= 0.6 is 0 Å². The molecule has 0 spiro atoms. The topological polar surface area (TPSA) is 35.5 Å². The highest BCUT2D eigenvalue weighted by Gasteiger charge is 2.14. The van der Waals surface area contributed by atoms with E-state index in [-0.39, 0.29) is 18.3 Å². The summed E-state index contributed by atoms with van der Waals surface area (Å²) in [6.45, 7) is 8.20. The van der Waals surface area contributed by atoms with E-state index < -0.39 is 0 Å². The minimum absolute atomic E-state index is 0.146. The zero-order chi connectivity index (χ0) is 15.7. The van der Waals surface area contributed by atoms with Gasteiger partial charge in [0, 0.05) is 6.42 Å². The zero-order valence-electron chi connectivity index (χ0n) is 12.9. The van der Waals surface area contributed by atoms with Gasteiger partial charge in [0.2, 0.25) is 0 Å². The summed E-state index contributed by atoms with van der Waals surface area (Å²) in [6, 6.07) is 7.67. The van der Waals surface area contributed by atoms with Gasteiger partial charge in [-0.3, -0.25) is 4.79 Å². The van der Waals surface area contributed by atoms with E-state index in [2.05, 4.69) is 18.4 Å². The average Bonchev–Trinajstić information content (AvgIpc) is 2.47. The first-order valence-electron chi connectivity index (χ1n) is 6.93. The molecular weight excluding hydrogens is 264 g/mol. The van der Waals surface area contributed by atoms with Crippen molar-refractivity contribution in [1.82, 2.24) is 0 Å². The monoisotopic (exact) mass is 286 g/mol. The predicted molar refractivity (Wildman–Crippen MR) is 84.2 cm³/mol. The summed E-state index contributed by atoms with van der Waals surface area (Å²) in [5.74, 6) is 6.30. The number of rotatable bonds is 7. The highest BCUT2D eigenvalue weighted by atomic mass is 16.5. The average molecular weight is 286 g/mol. The van der Waals surface area contributed by atoms with Crippen molar-refractivity contribution in [3.05, 3.63) is 42.0 Å². The van der Waals surface area contributed by atoms with Crippen molar-refractivity contribution >= 4 is 5.97 Å². The Bertz CT molecular complexity index is 532. The summed E-state index contributed by atoms with van der Waals surface area (Å²) in [5, 5.41) is 0. The standard InChI is InChI=1S/C18H22O3/c1-5-6-16(13-18(19)20-4)15-7-9-17(10-8-15)21-12-11-14(2)3/h7-10,16H,2,11-13H2,1,3-4H3. The van der Waals surface area contributed by atoms with Gasteiger partial charge >= 0.3 is 5.97 Å². The molecule has 0 heterocycles. The second-order valence-corrected chi connectivity index (χ2v) is 4.85. The van der Waals surface area contributed by atoms with Gasteiger partial charge in [-0.2, -0.15) is 0 Å². The Morgan fingerprint density at radius 2 is 2.00 bits per heavy atom. The smallest absolute Gasteiger partial charge is 0.307 e. The van der Waals surface area contributed by atoms with E-state index in [4.69, 9.17) is 9.47 Å². The fraction of sp³-hybridized carbons (Fsp3) is 0.389. The fourth-order valence-electron chi connectivity index (χ4n) is 1.82. The third-order valence-electron chi connectivity index (χ3n) is 3.00. The van der Waals surface area contributed by atoms with Gasteiger partial charge in [-0.1, -0.05) is 23.6 Å². The highest BCUT2D eigenvalue weighted by Crippen LogP contribution is 2.22. The van der Waals surface area contributed by atoms with Gasteiger partial charge in [0.15, 0.2) is 0 Å². The summed E-state index contributed by atoms with van der Waals surface area (Å²) in [7, 11) is 1.39. The van der Waals surface area contributed by atoms with E-state index in [0.717, 1.165) is 23.3 Å². The van der Waals surface area contributed by atoms with Crippen LogP contribution in [0.1, 0.15) is 38.2 Å². The van der Waals surface area contributed by atoms with Crippen LogP contribution in [0.15, 0.2) is 36.4 Å². The van der Waals surface area contributed by atoms with Crippen LogP contribution in [0.2, 0.25) is 0 Å². The Balaban J connectivity index is 2.70. The molecule has 0 saturated heterocycles. The second kappa shape index (κ2) is 8.86. The lowest BCUT2D eigenvalue weighted by Gasteiger charge is -2.11. The molecule has 1 atom stereocenters. The largest absolute Gasteiger partial charge is 0.493 e. The van der Waals surface area contributed by atoms with Crippen molar-refractivity contribution in [2.45, 2.75) is 32.6 Å². The van der Waals surface area contributed by atoms with Crippen molar-refractivity contribution < 1.29 is 14.3 Å². The Labute approximate surface area is 127 Å². The summed E-state index contributed by atoms with van der Waals surface area (Å²) in [5.41, 5.74) is 2.09. The van der Waals surface area contributed by atoms with Crippen molar-refractivity contribution in [2.75, 3.05) is 13.7 Å². The summed E-state index contributed by atoms with van der Waals surface area (Å²) in [6.07, 6.45) is 1.10. The summed E-state index contributed by atoms with van der Waals surface area (Å²) in [4.78, 5) is 11.4. The molecule has 0 aliphatic heterocycles. The molecule has 1 rings (SSSR count). The maximum Gasteiger partial charge on any atom is 0.307 e. The van der Waals surface area contributed by atoms with E-state index in [1.54, 1.807) is 6.92 Å². The first kappa shape index (κ1) is 16.8. The Kier molecular flexibility index (Phi) is 7.11. The molecule has 21 heavy (non-hydrogen) atoms. The molecule has 0 aromatic heterocycles. The third kappa shape index (κ3) is 6.18. The summed E-state index contributed by atoms with van der Waals surface area (Å²) >= 11 is 0. The number of carbonyl (C=O) groups excluding carboxylic acids is 1. The molecule has 0 aliphatic rings. The molecule has 3 nitrogen and oxygen atoms in total. The van der Waals surface area contributed by atoms with E-state index in [0.29, 0.717) is 6.61 Å². The van der Waals surface area contributed by atoms with Gasteiger partial charge in [-0.15, -0.1) is 12.5 Å². The van der Waals surface area contributed by atoms with Crippen LogP contribution in [-0.2, 0) is 9.53 Å². The Hall–Kier alpha value is -2.21. The van der Waals surface area contributed by atoms with Crippen LogP contribution in [-0.4, -0.2) is 19.7 Å². The van der Waals surface area contributed by atoms with Gasteiger partial charge in [-0.25, -0.2) is 0 Å². The predicted octanol–water partition coefficient (Wildman–Crippen LogP) is 3.70. The lowest BCUT2D eigenvalue weighted by molar-refractivity contribution is -0.140. The van der Waals surface area contributed by atoms with Gasteiger partial charge < -0.3 is 9.47 Å². The molecule has 112 valence electrons. The Morgan fingerprint density at radius 1 is 1.33 bits per heavy atom. The van der Waals surface area contributed by atoms with Crippen LogP contribution in [0.25, 0.3) is 0 Å². The van der Waals surface area contributed by atoms with E-state index >= 15 is 0 Å². The van der Waals surface area contributed by atoms with E-state index in [1.165, 1.54) is 7.11 Å². The van der Waals surface area contributed by atoms with Crippen LogP contribution in [0.4, 0.5) is 0 Å². The third-order valence-corrected chi connectivity index (χ3v) is 3.00. The maximum absolute atomic E-state index is 11.4. The number of hydrogen-bond donors (Lipinski definition) is 0. The van der Waals surface area contributed by atoms with Crippen LogP contribution in [0, 0.1) is 11.8 Å². The van der Waals surface area contributed by atoms with Crippen molar-refractivity contribution in [2.24, 2.45) is 0 Å². The molecule has 0 amide bonds. The zero-order valence-corrected chi connectivity index (χ0v) is 12.9. The normalized spacial score (nSPS) is 11.0. The molecule has 0 N–H and O–H groups in total. The number of ether oxygens (including phenoxy) is 2. The minimum Gasteiger partial charge on any atom is -0.493 e. The van der Waals surface area contributed by atoms with Gasteiger partial charge in [0.1, 0.15) is 5.75 Å². The molecule has 0 fully saturated rings. The first-order valence-corrected chi connectivity index (χ1v) is 6.93. The SMILES string of the molecule is C=C(C)CCOc1ccc(C(C#CC)CC(=O)OC)cc1. The van der Waals surface area contributed by atoms with Crippen LogP contribution in [0.3, 0.4) is 0 Å². The molecule has 1 aromatic rings. The molecular formula is C18H22O3. The number of esters is 1. The van der Waals surface area contributed by atoms with Crippen molar-refractivity contribution in [1.29, 1.82) is 0 Å². The van der Waals surface area contributed by atoms with Gasteiger partial charge in [0.05, 0.1) is 26.1 Å². The fourth-order valence-corrected chi connectivity index (χ4v) is 1.82. The Morgan fingerprint density at radius 3 is 2.52 bits per heavy atom. The molecule has 3 heteroatoms. The number of hydrogen-bond acceptors (Lipinski definition) is 3. The van der Waals surface area contributed by atoms with Crippen molar-refractivity contribution in [3.8, 4) is 17.6 Å². The molecule has 0 aliphatic carbocycles.